The summed E-state index contributed by atoms with van der Waals surface area (Å²) in [5.41, 5.74) is 0. The Morgan fingerprint density at radius 2 is 1.92 bits per heavy atom. The van der Waals surface area contributed by atoms with Gasteiger partial charge in [-0.05, 0) is 6.92 Å². The van der Waals surface area contributed by atoms with Crippen LogP contribution in [-0.4, -0.2) is 29.6 Å². The lowest BCUT2D eigenvalue weighted by Gasteiger charge is -2.11. The second kappa shape index (κ2) is 3.88. The molecule has 0 atom stereocenters. The molecule has 0 aromatic rings. The second-order valence-electron chi connectivity index (χ2n) is 2.27. The van der Waals surface area contributed by atoms with Crippen LogP contribution in [0.25, 0.3) is 0 Å². The van der Waals surface area contributed by atoms with E-state index in [2.05, 4.69) is 16.5 Å². The third-order valence-electron chi connectivity index (χ3n) is 1.39. The van der Waals surface area contributed by atoms with Crippen LogP contribution in [0.15, 0.2) is 0 Å². The van der Waals surface area contributed by atoms with E-state index in [1.54, 1.807) is 0 Å². The SMILES string of the molecule is [CH2]COC(=O)ON1C(=O)CCC1=O. The van der Waals surface area contributed by atoms with Crippen LogP contribution in [0.5, 0.6) is 0 Å². The van der Waals surface area contributed by atoms with Crippen LogP contribution in [0.2, 0.25) is 0 Å². The summed E-state index contributed by atoms with van der Waals surface area (Å²) in [6.07, 6.45) is -0.967. The van der Waals surface area contributed by atoms with E-state index in [1.807, 2.05) is 0 Å². The van der Waals surface area contributed by atoms with Crippen molar-refractivity contribution in [2.24, 2.45) is 0 Å². The fourth-order valence-corrected chi connectivity index (χ4v) is 0.842. The highest BCUT2D eigenvalue weighted by Crippen LogP contribution is 2.12. The van der Waals surface area contributed by atoms with Gasteiger partial charge in [-0.2, -0.15) is 0 Å². The maximum atomic E-state index is 10.9. The molecule has 1 aliphatic rings. The first-order valence-corrected chi connectivity index (χ1v) is 3.65. The van der Waals surface area contributed by atoms with Gasteiger partial charge in [-0.3, -0.25) is 14.4 Å². The van der Waals surface area contributed by atoms with E-state index in [-0.39, 0.29) is 19.4 Å². The van der Waals surface area contributed by atoms with Gasteiger partial charge in [0, 0.05) is 12.8 Å². The molecule has 0 aromatic heterocycles. The second-order valence-corrected chi connectivity index (χ2v) is 2.27. The lowest BCUT2D eigenvalue weighted by Crippen LogP contribution is -2.32. The minimum absolute atomic E-state index is 0.0660. The summed E-state index contributed by atoms with van der Waals surface area (Å²) in [5, 5.41) is 0.415. The molecule has 0 bridgehead atoms. The molecule has 71 valence electrons. The van der Waals surface area contributed by atoms with Gasteiger partial charge in [0.25, 0.3) is 11.8 Å². The number of rotatable bonds is 2. The predicted octanol–water partition coefficient (Wildman–Crippen LogP) is 0.0377. The minimum atomic E-state index is -1.10. The molecule has 2 amide bonds. The Labute approximate surface area is 74.3 Å². The fraction of sp³-hybridized carbons (Fsp3) is 0.429. The highest BCUT2D eigenvalue weighted by molar-refractivity contribution is 6.01. The molecule has 6 heteroatoms. The Balaban J connectivity index is 2.48. The van der Waals surface area contributed by atoms with Crippen molar-refractivity contribution in [2.45, 2.75) is 12.8 Å². The number of nitrogens with zero attached hydrogens (tertiary/aromatic N) is 1. The largest absolute Gasteiger partial charge is 0.533 e. The maximum absolute atomic E-state index is 10.9. The van der Waals surface area contributed by atoms with Gasteiger partial charge in [0.1, 0.15) is 0 Å². The van der Waals surface area contributed by atoms with Crippen LogP contribution in [0, 0.1) is 6.92 Å². The zero-order chi connectivity index (χ0) is 9.84. The van der Waals surface area contributed by atoms with E-state index in [0.29, 0.717) is 5.06 Å². The summed E-state index contributed by atoms with van der Waals surface area (Å²) >= 11 is 0. The quantitative estimate of drug-likeness (QED) is 0.449. The minimum Gasteiger partial charge on any atom is -0.433 e. The topological polar surface area (TPSA) is 72.9 Å². The number of ether oxygens (including phenoxy) is 1. The Hall–Kier alpha value is -1.59. The Bertz CT molecular complexity index is 233. The van der Waals surface area contributed by atoms with Gasteiger partial charge < -0.3 is 4.74 Å². The summed E-state index contributed by atoms with van der Waals surface area (Å²) in [7, 11) is 0. The first kappa shape index (κ1) is 9.50. The summed E-state index contributed by atoms with van der Waals surface area (Å²) in [6.45, 7) is 3.11. The van der Waals surface area contributed by atoms with Gasteiger partial charge in [-0.25, -0.2) is 4.79 Å². The number of carbonyl (C=O) groups is 3. The van der Waals surface area contributed by atoms with Gasteiger partial charge in [-0.1, -0.05) is 5.06 Å². The fourth-order valence-electron chi connectivity index (χ4n) is 0.842. The van der Waals surface area contributed by atoms with Crippen molar-refractivity contribution in [3.05, 3.63) is 6.92 Å². The summed E-state index contributed by atoms with van der Waals surface area (Å²) in [6, 6.07) is 0. The Kier molecular flexibility index (Phi) is 2.84. The van der Waals surface area contributed by atoms with Crippen LogP contribution >= 0.6 is 0 Å². The van der Waals surface area contributed by atoms with Crippen LogP contribution in [0.4, 0.5) is 4.79 Å². The molecule has 0 unspecified atom stereocenters. The van der Waals surface area contributed by atoms with Crippen molar-refractivity contribution in [3.8, 4) is 0 Å². The molecule has 0 aromatic carbocycles. The van der Waals surface area contributed by atoms with Crippen LogP contribution < -0.4 is 0 Å². The molecule has 1 rings (SSSR count). The third kappa shape index (κ3) is 2.17. The van der Waals surface area contributed by atoms with Crippen LogP contribution in [0.3, 0.4) is 0 Å². The molecule has 1 heterocycles. The molecule has 1 radical (unpaired) electrons. The number of hydrogen-bond donors (Lipinski definition) is 0. The molecule has 6 nitrogen and oxygen atoms in total. The average molecular weight is 186 g/mol. The molecule has 0 N–H and O–H groups in total. The molecule has 0 aliphatic carbocycles. The smallest absolute Gasteiger partial charge is 0.433 e. The molecule has 1 aliphatic heterocycles. The molecule has 1 saturated heterocycles. The third-order valence-corrected chi connectivity index (χ3v) is 1.39. The van der Waals surface area contributed by atoms with E-state index in [0.717, 1.165) is 0 Å². The zero-order valence-corrected chi connectivity index (χ0v) is 6.82. The molecular weight excluding hydrogens is 178 g/mol. The first-order chi connectivity index (χ1) is 6.15. The molecule has 0 saturated carbocycles. The number of carbonyl (C=O) groups excluding carboxylic acids is 3. The summed E-state index contributed by atoms with van der Waals surface area (Å²) in [5.74, 6) is -1.07. The van der Waals surface area contributed by atoms with Gasteiger partial charge in [0.2, 0.25) is 0 Å². The number of imide groups is 1. The standard InChI is InChI=1S/C7H8NO5/c1-2-12-7(11)13-8-5(9)3-4-6(8)10/h1-4H2. The van der Waals surface area contributed by atoms with E-state index in [4.69, 9.17) is 0 Å². The molecule has 13 heavy (non-hydrogen) atoms. The van der Waals surface area contributed by atoms with E-state index < -0.39 is 18.0 Å². The summed E-state index contributed by atoms with van der Waals surface area (Å²) in [4.78, 5) is 36.7. The normalized spacial score (nSPS) is 16.2. The first-order valence-electron chi connectivity index (χ1n) is 3.65. The van der Waals surface area contributed by atoms with Crippen molar-refractivity contribution in [1.29, 1.82) is 0 Å². The van der Waals surface area contributed by atoms with E-state index >= 15 is 0 Å². The lowest BCUT2D eigenvalue weighted by atomic mass is 10.4. The molecule has 1 fully saturated rings. The molecule has 0 spiro atoms. The van der Waals surface area contributed by atoms with E-state index in [9.17, 15) is 14.4 Å². The van der Waals surface area contributed by atoms with Crippen molar-refractivity contribution < 1.29 is 24.0 Å². The number of amides is 2. The zero-order valence-electron chi connectivity index (χ0n) is 6.82. The average Bonchev–Trinajstić information content (AvgIpc) is 2.36. The highest BCUT2D eigenvalue weighted by Gasteiger charge is 2.33. The van der Waals surface area contributed by atoms with Crippen molar-refractivity contribution in [2.75, 3.05) is 6.61 Å². The van der Waals surface area contributed by atoms with Gasteiger partial charge >= 0.3 is 6.16 Å². The van der Waals surface area contributed by atoms with Crippen molar-refractivity contribution >= 4 is 18.0 Å². The van der Waals surface area contributed by atoms with Gasteiger partial charge in [0.15, 0.2) is 0 Å². The van der Waals surface area contributed by atoms with Crippen LogP contribution in [0.1, 0.15) is 12.8 Å². The summed E-state index contributed by atoms with van der Waals surface area (Å²) < 4.78 is 4.28. The Morgan fingerprint density at radius 1 is 1.38 bits per heavy atom. The van der Waals surface area contributed by atoms with E-state index in [1.165, 1.54) is 0 Å². The maximum Gasteiger partial charge on any atom is 0.533 e. The van der Waals surface area contributed by atoms with Crippen LogP contribution in [-0.2, 0) is 19.2 Å². The monoisotopic (exact) mass is 186 g/mol. The predicted molar refractivity (Wildman–Crippen MR) is 38.9 cm³/mol. The van der Waals surface area contributed by atoms with Crippen molar-refractivity contribution in [3.63, 3.8) is 0 Å². The van der Waals surface area contributed by atoms with Gasteiger partial charge in [-0.15, -0.1) is 0 Å². The molecular formula is C7H8NO5. The lowest BCUT2D eigenvalue weighted by molar-refractivity contribution is -0.176. The highest BCUT2D eigenvalue weighted by atomic mass is 16.8. The number of hydrogen-bond acceptors (Lipinski definition) is 5. The Morgan fingerprint density at radius 3 is 2.38 bits per heavy atom. The number of hydroxylamine groups is 2. The van der Waals surface area contributed by atoms with Crippen molar-refractivity contribution in [1.82, 2.24) is 5.06 Å². The van der Waals surface area contributed by atoms with Gasteiger partial charge in [0.05, 0.1) is 6.61 Å².